The van der Waals surface area contributed by atoms with Crippen LogP contribution in [0.1, 0.15) is 32.1 Å². The Morgan fingerprint density at radius 1 is 1.19 bits per heavy atom. The second-order valence-corrected chi connectivity index (χ2v) is 9.57. The molecule has 0 aromatic rings. The maximum Gasteiger partial charge on any atom is 0.230 e. The second-order valence-electron chi connectivity index (χ2n) is 9.57. The van der Waals surface area contributed by atoms with Crippen molar-refractivity contribution in [3.8, 4) is 0 Å². The van der Waals surface area contributed by atoms with Crippen molar-refractivity contribution in [3.05, 3.63) is 11.3 Å². The molecule has 3 saturated carbocycles. The van der Waals surface area contributed by atoms with E-state index >= 15 is 0 Å². The molecule has 7 unspecified atom stereocenters. The van der Waals surface area contributed by atoms with E-state index in [0.29, 0.717) is 12.8 Å². The molecule has 11 heteroatoms. The monoisotopic (exact) mass is 454 g/mol. The number of aliphatic hydroxyl groups excluding tert-OH is 4. The summed E-state index contributed by atoms with van der Waals surface area (Å²) in [7, 11) is 1.36. The highest BCUT2D eigenvalue weighted by Crippen LogP contribution is 2.55. The van der Waals surface area contributed by atoms with Crippen LogP contribution in [0.2, 0.25) is 0 Å². The Morgan fingerprint density at radius 3 is 2.50 bits per heavy atom. The molecule has 11 nitrogen and oxygen atoms in total. The fourth-order valence-electron chi connectivity index (χ4n) is 6.61. The SMILES string of the molecule is CONC(O)C1CCC(O)C2C(=O)C3=C(O)[C@]4(O)C(=O)C(C(N)=O)C(O)C[C@@H]4C[C@@H]3CC12. The first-order valence-electron chi connectivity index (χ1n) is 10.9. The topological polar surface area (TPSA) is 200 Å². The zero-order valence-electron chi connectivity index (χ0n) is 17.7. The Balaban J connectivity index is 1.75. The number of rotatable bonds is 4. The van der Waals surface area contributed by atoms with Crippen molar-refractivity contribution >= 4 is 17.5 Å². The molecule has 178 valence electrons. The Hall–Kier alpha value is -1.89. The summed E-state index contributed by atoms with van der Waals surface area (Å²) >= 11 is 0. The van der Waals surface area contributed by atoms with Gasteiger partial charge in [-0.15, -0.1) is 0 Å². The third kappa shape index (κ3) is 3.22. The van der Waals surface area contributed by atoms with Crippen molar-refractivity contribution < 1.29 is 44.8 Å². The lowest BCUT2D eigenvalue weighted by molar-refractivity contribution is -0.170. The number of hydrogen-bond donors (Lipinski definition) is 7. The van der Waals surface area contributed by atoms with Crippen LogP contribution in [-0.4, -0.2) is 74.2 Å². The number of amides is 1. The molecule has 0 heterocycles. The number of nitrogens with one attached hydrogen (secondary N) is 1. The predicted octanol–water partition coefficient (Wildman–Crippen LogP) is -1.95. The van der Waals surface area contributed by atoms with Gasteiger partial charge in [0.15, 0.2) is 17.2 Å². The minimum absolute atomic E-state index is 0.119. The number of nitrogens with two attached hydrogens (primary N) is 1. The molecule has 4 aliphatic carbocycles. The maximum atomic E-state index is 13.5. The second kappa shape index (κ2) is 8.15. The minimum atomic E-state index is -2.50. The van der Waals surface area contributed by atoms with Crippen LogP contribution in [0.4, 0.5) is 0 Å². The molecule has 0 spiro atoms. The van der Waals surface area contributed by atoms with E-state index in [2.05, 4.69) is 5.48 Å². The Bertz CT molecular complexity index is 860. The van der Waals surface area contributed by atoms with Gasteiger partial charge in [0.1, 0.15) is 17.9 Å². The Morgan fingerprint density at radius 2 is 1.88 bits per heavy atom. The van der Waals surface area contributed by atoms with Gasteiger partial charge in [-0.05, 0) is 43.9 Å². The van der Waals surface area contributed by atoms with Crippen LogP contribution in [0, 0.1) is 35.5 Å². The van der Waals surface area contributed by atoms with Crippen molar-refractivity contribution in [2.24, 2.45) is 41.2 Å². The third-order valence-electron chi connectivity index (χ3n) is 8.05. The van der Waals surface area contributed by atoms with Crippen LogP contribution < -0.4 is 11.2 Å². The molecule has 3 fully saturated rings. The van der Waals surface area contributed by atoms with Gasteiger partial charge in [0, 0.05) is 17.4 Å². The highest BCUT2D eigenvalue weighted by molar-refractivity contribution is 6.09. The van der Waals surface area contributed by atoms with Crippen LogP contribution in [0.5, 0.6) is 0 Å². The highest BCUT2D eigenvalue weighted by Gasteiger charge is 2.63. The van der Waals surface area contributed by atoms with E-state index in [4.69, 9.17) is 10.6 Å². The fourth-order valence-corrected chi connectivity index (χ4v) is 6.61. The van der Waals surface area contributed by atoms with E-state index in [1.54, 1.807) is 0 Å². The van der Waals surface area contributed by atoms with E-state index in [0.717, 1.165) is 0 Å². The molecular weight excluding hydrogens is 424 g/mol. The predicted molar refractivity (Wildman–Crippen MR) is 106 cm³/mol. The highest BCUT2D eigenvalue weighted by atomic mass is 16.7. The molecule has 0 aliphatic heterocycles. The van der Waals surface area contributed by atoms with Gasteiger partial charge in [0.05, 0.1) is 25.2 Å². The van der Waals surface area contributed by atoms with Crippen molar-refractivity contribution in [1.29, 1.82) is 0 Å². The number of ketones is 2. The van der Waals surface area contributed by atoms with Gasteiger partial charge in [0.2, 0.25) is 5.91 Å². The lowest BCUT2D eigenvalue weighted by atomic mass is 9.53. The summed E-state index contributed by atoms with van der Waals surface area (Å²) in [4.78, 5) is 43.0. The Labute approximate surface area is 184 Å². The third-order valence-corrected chi connectivity index (χ3v) is 8.05. The van der Waals surface area contributed by atoms with Gasteiger partial charge < -0.3 is 36.1 Å². The molecule has 32 heavy (non-hydrogen) atoms. The van der Waals surface area contributed by atoms with Crippen LogP contribution in [0.3, 0.4) is 0 Å². The first kappa shape index (κ1) is 23.3. The average Bonchev–Trinajstić information content (AvgIpc) is 2.70. The summed E-state index contributed by atoms with van der Waals surface area (Å²) in [5, 5.41) is 53.6. The molecule has 0 saturated heterocycles. The molecular formula is C21H30N2O9. The number of aliphatic hydroxyl groups is 5. The molecule has 0 bridgehead atoms. The van der Waals surface area contributed by atoms with Crippen molar-refractivity contribution in [2.75, 3.05) is 7.11 Å². The molecule has 1 amide bonds. The first-order valence-corrected chi connectivity index (χ1v) is 10.9. The molecule has 0 aromatic heterocycles. The molecule has 4 aliphatic rings. The van der Waals surface area contributed by atoms with Crippen molar-refractivity contribution in [3.63, 3.8) is 0 Å². The number of carbonyl (C=O) groups excluding carboxylic acids is 3. The van der Waals surface area contributed by atoms with Crippen LogP contribution in [-0.2, 0) is 19.2 Å². The van der Waals surface area contributed by atoms with Gasteiger partial charge in [-0.25, -0.2) is 0 Å². The van der Waals surface area contributed by atoms with Gasteiger partial charge in [-0.3, -0.25) is 14.4 Å². The van der Waals surface area contributed by atoms with Crippen molar-refractivity contribution in [2.45, 2.75) is 56.1 Å². The van der Waals surface area contributed by atoms with Crippen LogP contribution in [0.25, 0.3) is 0 Å². The van der Waals surface area contributed by atoms with Gasteiger partial charge >= 0.3 is 0 Å². The summed E-state index contributed by atoms with van der Waals surface area (Å²) < 4.78 is 0. The lowest BCUT2D eigenvalue weighted by Crippen LogP contribution is -2.64. The maximum absolute atomic E-state index is 13.5. The summed E-state index contributed by atoms with van der Waals surface area (Å²) in [6, 6.07) is 0. The van der Waals surface area contributed by atoms with E-state index in [1.807, 2.05) is 0 Å². The summed E-state index contributed by atoms with van der Waals surface area (Å²) in [6.07, 6.45) is -2.46. The van der Waals surface area contributed by atoms with Crippen LogP contribution in [0.15, 0.2) is 11.3 Å². The molecule has 4 rings (SSSR count). The zero-order chi connectivity index (χ0) is 23.5. The van der Waals surface area contributed by atoms with E-state index in [9.17, 15) is 39.9 Å². The van der Waals surface area contributed by atoms with Crippen LogP contribution >= 0.6 is 0 Å². The average molecular weight is 454 g/mol. The summed E-state index contributed by atoms with van der Waals surface area (Å²) in [5.74, 6) is -8.50. The Kier molecular flexibility index (Phi) is 5.93. The summed E-state index contributed by atoms with van der Waals surface area (Å²) in [6.45, 7) is 0. The summed E-state index contributed by atoms with van der Waals surface area (Å²) in [5.41, 5.74) is 5.10. The number of fused-ring (bicyclic) bond motifs is 3. The van der Waals surface area contributed by atoms with E-state index in [-0.39, 0.29) is 24.8 Å². The molecule has 10 atom stereocenters. The quantitative estimate of drug-likeness (QED) is 0.142. The number of Topliss-reactive ketones (excluding diaryl/α,β-unsaturated/α-hetero) is 2. The fraction of sp³-hybridized carbons (Fsp3) is 0.762. The number of carbonyl (C=O) groups is 3. The van der Waals surface area contributed by atoms with Gasteiger partial charge in [0.25, 0.3) is 0 Å². The van der Waals surface area contributed by atoms with E-state index in [1.165, 1.54) is 7.11 Å². The number of primary amides is 1. The van der Waals surface area contributed by atoms with Crippen molar-refractivity contribution in [1.82, 2.24) is 5.48 Å². The lowest BCUT2D eigenvalue weighted by Gasteiger charge is -2.52. The van der Waals surface area contributed by atoms with E-state index < -0.39 is 82.8 Å². The number of allylic oxidation sites excluding steroid dienone is 1. The molecule has 8 N–H and O–H groups in total. The van der Waals surface area contributed by atoms with Gasteiger partial charge in [-0.1, -0.05) is 0 Å². The molecule has 0 radical (unpaired) electrons. The molecule has 0 aromatic carbocycles. The largest absolute Gasteiger partial charge is 0.508 e. The standard InChI is InChI=1S/C21H30N2O9/c1-32-23-20(30)9-2-3-11(24)14-10(9)5-7-4-8-6-12(25)15(19(22)29)18(28)21(8,31)17(27)13(7)16(14)26/h7-12,14-15,20,23-25,27,30-31H,2-6H2,1H3,(H2,22,29)/t7-,8+,9?,10?,11?,12?,14?,15?,20?,21+/m1/s1. The smallest absolute Gasteiger partial charge is 0.230 e. The number of hydroxylamine groups is 1. The minimum Gasteiger partial charge on any atom is -0.508 e. The normalized spacial score (nSPS) is 45.0. The van der Waals surface area contributed by atoms with Gasteiger partial charge in [-0.2, -0.15) is 5.48 Å². The zero-order valence-corrected chi connectivity index (χ0v) is 17.7. The number of hydrogen-bond acceptors (Lipinski definition) is 10. The first-order chi connectivity index (χ1) is 15.0.